The number of nitrogens with zero attached hydrogens (tertiary/aromatic N) is 3. The molecule has 0 aliphatic heterocycles. The molecular weight excluding hydrogens is 494 g/mol. The largest absolute Gasteiger partial charge is 0.493 e. The average molecular weight is 528 g/mol. The Balaban J connectivity index is 0.00000176. The zero-order chi connectivity index (χ0) is 26.1. The van der Waals surface area contributed by atoms with E-state index >= 15 is 0 Å². The van der Waals surface area contributed by atoms with E-state index in [0.29, 0.717) is 33.3 Å². The third kappa shape index (κ3) is 6.53. The standard InChI is InChI=1S/C26H28ClN3O3S.C2H6/c1-4-29(5-2)14-15-33-23-13-11-20(10-12-22(23)32-3)30-17-28-21-16-24(34-25(21)26(30)31)18-6-8-19(27)9-7-18;1-2/h6-13,16-17,22H,4-5,14-15H2,1-3H3;1-2H3. The lowest BCUT2D eigenvalue weighted by Gasteiger charge is -2.20. The zero-order valence-corrected chi connectivity index (χ0v) is 23.1. The fourth-order valence-corrected chi connectivity index (χ4v) is 4.94. The molecular formula is C28H34ClN3O3S. The lowest BCUT2D eigenvalue weighted by molar-refractivity contribution is 0.0806. The minimum atomic E-state index is -0.323. The van der Waals surface area contributed by atoms with Gasteiger partial charge < -0.3 is 14.4 Å². The van der Waals surface area contributed by atoms with Crippen molar-refractivity contribution in [2.45, 2.75) is 33.8 Å². The van der Waals surface area contributed by atoms with Gasteiger partial charge in [-0.25, -0.2) is 4.98 Å². The Morgan fingerprint density at radius 1 is 1.14 bits per heavy atom. The Morgan fingerprint density at radius 3 is 2.53 bits per heavy atom. The van der Waals surface area contributed by atoms with Gasteiger partial charge in [-0.2, -0.15) is 0 Å². The van der Waals surface area contributed by atoms with Crippen LogP contribution < -0.4 is 5.56 Å². The van der Waals surface area contributed by atoms with Crippen molar-refractivity contribution in [3.05, 3.63) is 82.1 Å². The second-order valence-electron chi connectivity index (χ2n) is 7.80. The van der Waals surface area contributed by atoms with Gasteiger partial charge in [-0.1, -0.05) is 51.4 Å². The molecule has 3 aromatic rings. The van der Waals surface area contributed by atoms with Crippen molar-refractivity contribution in [2.75, 3.05) is 33.4 Å². The van der Waals surface area contributed by atoms with Gasteiger partial charge in [0.05, 0.1) is 11.2 Å². The highest BCUT2D eigenvalue weighted by Crippen LogP contribution is 2.31. The summed E-state index contributed by atoms with van der Waals surface area (Å²) in [6, 6.07) is 9.51. The Labute approximate surface area is 222 Å². The van der Waals surface area contributed by atoms with Crippen LogP contribution in [0.4, 0.5) is 0 Å². The number of hydrogen-bond donors (Lipinski definition) is 0. The third-order valence-corrected chi connectivity index (χ3v) is 7.22. The van der Waals surface area contributed by atoms with Gasteiger partial charge >= 0.3 is 0 Å². The van der Waals surface area contributed by atoms with Crippen molar-refractivity contribution >= 4 is 38.9 Å². The van der Waals surface area contributed by atoms with E-state index in [-0.39, 0.29) is 11.7 Å². The van der Waals surface area contributed by atoms with E-state index in [1.54, 1.807) is 18.0 Å². The fraction of sp³-hybridized carbons (Fsp3) is 0.357. The van der Waals surface area contributed by atoms with Gasteiger partial charge in [0.1, 0.15) is 29.5 Å². The molecule has 0 saturated heterocycles. The average Bonchev–Trinajstić information content (AvgIpc) is 3.25. The number of hydrogen-bond acceptors (Lipinski definition) is 6. The van der Waals surface area contributed by atoms with E-state index in [4.69, 9.17) is 21.1 Å². The van der Waals surface area contributed by atoms with Crippen LogP contribution in [0.5, 0.6) is 0 Å². The van der Waals surface area contributed by atoms with Crippen molar-refractivity contribution in [3.8, 4) is 10.4 Å². The lowest BCUT2D eigenvalue weighted by atomic mass is 10.2. The summed E-state index contributed by atoms with van der Waals surface area (Å²) in [5.41, 5.74) is 2.27. The number of benzene rings is 1. The quantitative estimate of drug-likeness (QED) is 0.319. The topological polar surface area (TPSA) is 56.6 Å². The molecule has 0 N–H and O–H groups in total. The van der Waals surface area contributed by atoms with Gasteiger partial charge in [-0.3, -0.25) is 9.36 Å². The summed E-state index contributed by atoms with van der Waals surface area (Å²) in [5, 5.41) is 0.677. The van der Waals surface area contributed by atoms with Crippen molar-refractivity contribution in [3.63, 3.8) is 0 Å². The van der Waals surface area contributed by atoms with Gasteiger partial charge in [0.25, 0.3) is 5.56 Å². The Morgan fingerprint density at radius 2 is 1.86 bits per heavy atom. The van der Waals surface area contributed by atoms with Crippen LogP contribution >= 0.6 is 22.9 Å². The van der Waals surface area contributed by atoms with Gasteiger partial charge in [0.2, 0.25) is 0 Å². The molecule has 0 spiro atoms. The van der Waals surface area contributed by atoms with Crippen LogP contribution in [0, 0.1) is 0 Å². The summed E-state index contributed by atoms with van der Waals surface area (Å²) in [6.07, 6.45) is 8.75. The second kappa shape index (κ2) is 13.6. The number of ether oxygens (including phenoxy) is 2. The molecule has 2 heterocycles. The number of thiophene rings is 1. The molecule has 1 aliphatic carbocycles. The minimum absolute atomic E-state index is 0.112. The van der Waals surface area contributed by atoms with E-state index in [1.165, 1.54) is 11.3 Å². The molecule has 1 aliphatic rings. The van der Waals surface area contributed by atoms with E-state index < -0.39 is 0 Å². The summed E-state index contributed by atoms with van der Waals surface area (Å²) in [7, 11) is 1.64. The molecule has 1 unspecified atom stereocenters. The van der Waals surface area contributed by atoms with Crippen molar-refractivity contribution < 1.29 is 9.47 Å². The number of fused-ring (bicyclic) bond motifs is 1. The monoisotopic (exact) mass is 527 g/mol. The highest BCUT2D eigenvalue weighted by molar-refractivity contribution is 7.22. The van der Waals surface area contributed by atoms with E-state index in [0.717, 1.165) is 30.1 Å². The zero-order valence-electron chi connectivity index (χ0n) is 21.5. The molecule has 8 heteroatoms. The molecule has 192 valence electrons. The van der Waals surface area contributed by atoms with Gasteiger partial charge in [0.15, 0.2) is 0 Å². The number of allylic oxidation sites excluding steroid dienone is 4. The van der Waals surface area contributed by atoms with Gasteiger partial charge in [0, 0.05) is 23.6 Å². The first-order valence-corrected chi connectivity index (χ1v) is 13.5. The summed E-state index contributed by atoms with van der Waals surface area (Å²) in [6.45, 7) is 11.7. The van der Waals surface area contributed by atoms with Gasteiger partial charge in [-0.05, 0) is 61.2 Å². The molecule has 4 rings (SSSR count). The number of likely N-dealkylation sites (N-methyl/N-ethyl adjacent to an activating group) is 1. The van der Waals surface area contributed by atoms with Crippen LogP contribution in [0.25, 0.3) is 26.4 Å². The van der Waals surface area contributed by atoms with Crippen molar-refractivity contribution in [1.82, 2.24) is 14.5 Å². The smallest absolute Gasteiger partial charge is 0.275 e. The molecule has 36 heavy (non-hydrogen) atoms. The van der Waals surface area contributed by atoms with Crippen LogP contribution in [-0.4, -0.2) is 53.9 Å². The van der Waals surface area contributed by atoms with E-state index in [1.807, 2.05) is 68.5 Å². The lowest BCUT2D eigenvalue weighted by Crippen LogP contribution is -2.27. The van der Waals surface area contributed by atoms with Crippen LogP contribution in [-0.2, 0) is 9.47 Å². The minimum Gasteiger partial charge on any atom is -0.493 e. The maximum Gasteiger partial charge on any atom is 0.275 e. The predicted octanol–water partition coefficient (Wildman–Crippen LogP) is 6.47. The van der Waals surface area contributed by atoms with E-state index in [2.05, 4.69) is 23.7 Å². The van der Waals surface area contributed by atoms with Crippen molar-refractivity contribution in [1.29, 1.82) is 0 Å². The number of rotatable bonds is 9. The van der Waals surface area contributed by atoms with Gasteiger partial charge in [-0.15, -0.1) is 11.3 Å². The first kappa shape index (κ1) is 27.9. The van der Waals surface area contributed by atoms with Crippen molar-refractivity contribution in [2.24, 2.45) is 0 Å². The maximum absolute atomic E-state index is 13.3. The highest BCUT2D eigenvalue weighted by atomic mass is 35.5. The Bertz CT molecular complexity index is 1290. The predicted molar refractivity (Wildman–Crippen MR) is 152 cm³/mol. The molecule has 0 amide bonds. The second-order valence-corrected chi connectivity index (χ2v) is 9.29. The first-order chi connectivity index (χ1) is 17.5. The molecule has 0 radical (unpaired) electrons. The molecule has 6 nitrogen and oxygen atoms in total. The SMILES string of the molecule is CC.CCN(CC)CCOC1=CC=C(n2cnc3cc(-c4ccc(Cl)cc4)sc3c2=O)C=CC1OC. The molecule has 1 aromatic carbocycles. The molecule has 0 bridgehead atoms. The fourth-order valence-electron chi connectivity index (χ4n) is 3.77. The Kier molecular flexibility index (Phi) is 10.5. The van der Waals surface area contributed by atoms with E-state index in [9.17, 15) is 4.79 Å². The maximum atomic E-state index is 13.3. The van der Waals surface area contributed by atoms with Crippen LogP contribution in [0.1, 0.15) is 27.7 Å². The third-order valence-electron chi connectivity index (χ3n) is 5.81. The summed E-state index contributed by atoms with van der Waals surface area (Å²) < 4.78 is 13.8. The van der Waals surface area contributed by atoms with Crippen LogP contribution in [0.3, 0.4) is 0 Å². The molecule has 1 atom stereocenters. The normalized spacial score (nSPS) is 15.2. The summed E-state index contributed by atoms with van der Waals surface area (Å²) >= 11 is 7.44. The Hall–Kier alpha value is -2.71. The highest BCUT2D eigenvalue weighted by Gasteiger charge is 2.17. The number of halogens is 1. The summed E-state index contributed by atoms with van der Waals surface area (Å²) in [5.74, 6) is 0.712. The van der Waals surface area contributed by atoms with Crippen LogP contribution in [0.2, 0.25) is 5.02 Å². The summed E-state index contributed by atoms with van der Waals surface area (Å²) in [4.78, 5) is 21.2. The molecule has 0 fully saturated rings. The molecule has 0 saturated carbocycles. The van der Waals surface area contributed by atoms with Crippen LogP contribution in [0.15, 0.2) is 71.5 Å². The number of methoxy groups -OCH3 is 1. The molecule has 2 aromatic heterocycles. The number of aromatic nitrogens is 2. The first-order valence-electron chi connectivity index (χ1n) is 12.3.